The number of para-hydroxylation sites is 2. The van der Waals surface area contributed by atoms with Crippen LogP contribution in [0, 0.1) is 6.92 Å². The summed E-state index contributed by atoms with van der Waals surface area (Å²) in [5.41, 5.74) is 2.80. The van der Waals surface area contributed by atoms with E-state index in [1.54, 1.807) is 24.9 Å². The van der Waals surface area contributed by atoms with E-state index in [1.165, 1.54) is 4.68 Å². The number of nitrogens with zero attached hydrogens (tertiary/aromatic N) is 3. The predicted octanol–water partition coefficient (Wildman–Crippen LogP) is 2.98. The number of carbonyl (C=O) groups is 2. The molecule has 1 aromatic heterocycles. The van der Waals surface area contributed by atoms with Crippen LogP contribution in [0.5, 0.6) is 0 Å². The summed E-state index contributed by atoms with van der Waals surface area (Å²) in [7, 11) is 1.70. The molecule has 0 bridgehead atoms. The molecule has 1 N–H and O–H groups in total. The Balaban J connectivity index is 2.22. The largest absolute Gasteiger partial charge is 0.319 e. The number of aromatic nitrogens is 2. The van der Waals surface area contributed by atoms with E-state index >= 15 is 0 Å². The number of hydrogen-bond donors (Lipinski definition) is 1. The zero-order valence-electron chi connectivity index (χ0n) is 13.0. The molecular weight excluding hydrogens is 316 g/mol. The average Bonchev–Trinajstić information content (AvgIpc) is 2.74. The van der Waals surface area contributed by atoms with Crippen LogP contribution in [-0.4, -0.2) is 27.5 Å². The quantitative estimate of drug-likeness (QED) is 0.879. The number of aryl methyl sites for hydroxylation is 2. The second-order valence-corrected chi connectivity index (χ2v) is 5.78. The molecule has 23 heavy (non-hydrogen) atoms. The lowest BCUT2D eigenvalue weighted by Gasteiger charge is -2.23. The van der Waals surface area contributed by atoms with Crippen molar-refractivity contribution < 1.29 is 9.59 Å². The van der Waals surface area contributed by atoms with E-state index < -0.39 is 0 Å². The first-order valence-electron chi connectivity index (χ1n) is 7.37. The number of alkyl halides is 1. The summed E-state index contributed by atoms with van der Waals surface area (Å²) < 4.78 is 1.51. The van der Waals surface area contributed by atoms with Gasteiger partial charge >= 0.3 is 0 Å². The van der Waals surface area contributed by atoms with Crippen molar-refractivity contribution in [2.75, 3.05) is 16.1 Å². The van der Waals surface area contributed by atoms with Crippen molar-refractivity contribution in [3.05, 3.63) is 35.7 Å². The number of rotatable bonds is 3. The third-order valence-electron chi connectivity index (χ3n) is 3.80. The van der Waals surface area contributed by atoms with Gasteiger partial charge in [-0.3, -0.25) is 19.2 Å². The normalized spacial score (nSPS) is 13.2. The number of fused-ring (bicyclic) bond motifs is 2. The topological polar surface area (TPSA) is 67.2 Å². The van der Waals surface area contributed by atoms with Crippen LogP contribution in [0.4, 0.5) is 17.1 Å². The maximum Gasteiger partial charge on any atom is 0.276 e. The first-order valence-corrected chi connectivity index (χ1v) is 7.91. The van der Waals surface area contributed by atoms with Gasteiger partial charge in [-0.05, 0) is 25.5 Å². The highest BCUT2D eigenvalue weighted by molar-refractivity contribution is 6.19. The molecule has 0 unspecified atom stereocenters. The van der Waals surface area contributed by atoms with Crippen molar-refractivity contribution in [3.63, 3.8) is 0 Å². The van der Waals surface area contributed by atoms with E-state index in [1.807, 2.05) is 18.2 Å². The summed E-state index contributed by atoms with van der Waals surface area (Å²) in [6.07, 6.45) is 0.884. The highest BCUT2D eigenvalue weighted by Gasteiger charge is 2.33. The fraction of sp³-hybridized carbons (Fsp3) is 0.312. The second-order valence-electron chi connectivity index (χ2n) is 5.40. The van der Waals surface area contributed by atoms with Gasteiger partial charge < -0.3 is 5.32 Å². The van der Waals surface area contributed by atoms with Crippen molar-refractivity contribution in [2.45, 2.75) is 19.8 Å². The van der Waals surface area contributed by atoms with Crippen LogP contribution in [-0.2, 0) is 11.8 Å². The molecule has 1 aliphatic heterocycles. The number of hydrogen-bond acceptors (Lipinski definition) is 3. The van der Waals surface area contributed by atoms with Gasteiger partial charge in [0, 0.05) is 19.3 Å². The van der Waals surface area contributed by atoms with E-state index in [9.17, 15) is 9.59 Å². The highest BCUT2D eigenvalue weighted by Crippen LogP contribution is 2.39. The van der Waals surface area contributed by atoms with Gasteiger partial charge in [-0.1, -0.05) is 12.1 Å². The second kappa shape index (κ2) is 6.04. The Morgan fingerprint density at radius 2 is 2.09 bits per heavy atom. The molecule has 7 heteroatoms. The van der Waals surface area contributed by atoms with Crippen molar-refractivity contribution >= 4 is 40.5 Å². The Morgan fingerprint density at radius 1 is 1.35 bits per heavy atom. The molecule has 0 fully saturated rings. The van der Waals surface area contributed by atoms with Gasteiger partial charge in [0.2, 0.25) is 5.91 Å². The first-order chi connectivity index (χ1) is 11.0. The third-order valence-corrected chi connectivity index (χ3v) is 4.06. The van der Waals surface area contributed by atoms with Gasteiger partial charge in [0.1, 0.15) is 5.69 Å². The third kappa shape index (κ3) is 2.59. The molecule has 0 saturated heterocycles. The maximum absolute atomic E-state index is 12.8. The summed E-state index contributed by atoms with van der Waals surface area (Å²) in [4.78, 5) is 26.9. The number of anilines is 3. The standard InChI is InChI=1S/C16H17ClN4O2/c1-10-14-15(20(2)19-10)16(23)18-11-6-3-4-7-12(11)21(14)13(22)8-5-9-17/h3-4,6-7H,5,8-9H2,1-2H3,(H,18,23). The van der Waals surface area contributed by atoms with Gasteiger partial charge in [-0.25, -0.2) is 0 Å². The molecule has 0 atom stereocenters. The van der Waals surface area contributed by atoms with E-state index in [4.69, 9.17) is 11.6 Å². The Morgan fingerprint density at radius 3 is 2.83 bits per heavy atom. The van der Waals surface area contributed by atoms with E-state index in [0.717, 1.165) is 0 Å². The molecule has 2 amide bonds. The number of halogens is 1. The lowest BCUT2D eigenvalue weighted by Crippen LogP contribution is -2.26. The monoisotopic (exact) mass is 332 g/mol. The van der Waals surface area contributed by atoms with Gasteiger partial charge in [0.15, 0.2) is 5.69 Å². The Hall–Kier alpha value is -2.34. The summed E-state index contributed by atoms with van der Waals surface area (Å²) in [6, 6.07) is 7.25. The molecule has 2 heterocycles. The SMILES string of the molecule is Cc1nn(C)c2c1N(C(=O)CCCCl)c1ccccc1NC2=O. The number of benzene rings is 1. The van der Waals surface area contributed by atoms with Crippen LogP contribution in [0.1, 0.15) is 29.0 Å². The van der Waals surface area contributed by atoms with Crippen LogP contribution < -0.4 is 10.2 Å². The molecule has 1 aliphatic rings. The predicted molar refractivity (Wildman–Crippen MR) is 89.4 cm³/mol. The molecule has 0 aliphatic carbocycles. The van der Waals surface area contributed by atoms with Gasteiger partial charge in [-0.2, -0.15) is 5.10 Å². The zero-order chi connectivity index (χ0) is 16.6. The molecule has 0 saturated carbocycles. The summed E-state index contributed by atoms with van der Waals surface area (Å²) in [6.45, 7) is 1.79. The van der Waals surface area contributed by atoms with Crippen LogP contribution in [0.2, 0.25) is 0 Å². The van der Waals surface area contributed by atoms with Crippen molar-refractivity contribution in [2.24, 2.45) is 7.05 Å². The van der Waals surface area contributed by atoms with E-state index in [0.29, 0.717) is 47.2 Å². The lowest BCUT2D eigenvalue weighted by molar-refractivity contribution is -0.117. The number of nitrogens with one attached hydrogen (secondary N) is 1. The molecule has 1 aromatic carbocycles. The molecule has 0 spiro atoms. The lowest BCUT2D eigenvalue weighted by atomic mass is 10.2. The molecular formula is C16H17ClN4O2. The summed E-state index contributed by atoms with van der Waals surface area (Å²) in [5.74, 6) is 0.0345. The fourth-order valence-corrected chi connectivity index (χ4v) is 2.97. The van der Waals surface area contributed by atoms with Crippen LogP contribution in [0.3, 0.4) is 0 Å². The molecule has 0 radical (unpaired) electrons. The van der Waals surface area contributed by atoms with Crippen LogP contribution in [0.15, 0.2) is 24.3 Å². The maximum atomic E-state index is 12.8. The van der Waals surface area contributed by atoms with Crippen LogP contribution in [0.25, 0.3) is 0 Å². The Kier molecular flexibility index (Phi) is 4.09. The van der Waals surface area contributed by atoms with Gasteiger partial charge in [0.05, 0.1) is 17.1 Å². The van der Waals surface area contributed by atoms with E-state index in [2.05, 4.69) is 10.4 Å². The summed E-state index contributed by atoms with van der Waals surface area (Å²) >= 11 is 5.72. The van der Waals surface area contributed by atoms with Crippen molar-refractivity contribution in [1.29, 1.82) is 0 Å². The molecule has 2 aromatic rings. The number of carbonyl (C=O) groups excluding carboxylic acids is 2. The average molecular weight is 333 g/mol. The molecule has 6 nitrogen and oxygen atoms in total. The Bertz CT molecular complexity index is 784. The van der Waals surface area contributed by atoms with Gasteiger partial charge in [0.25, 0.3) is 5.91 Å². The van der Waals surface area contributed by atoms with Gasteiger partial charge in [-0.15, -0.1) is 11.6 Å². The van der Waals surface area contributed by atoms with Crippen LogP contribution >= 0.6 is 11.6 Å². The minimum atomic E-state index is -0.275. The first kappa shape index (κ1) is 15.6. The molecule has 120 valence electrons. The highest BCUT2D eigenvalue weighted by atomic mass is 35.5. The molecule has 3 rings (SSSR count). The van der Waals surface area contributed by atoms with Crippen molar-refractivity contribution in [1.82, 2.24) is 9.78 Å². The fourth-order valence-electron chi connectivity index (χ4n) is 2.83. The van der Waals surface area contributed by atoms with E-state index in [-0.39, 0.29) is 11.8 Å². The zero-order valence-corrected chi connectivity index (χ0v) is 13.7. The Labute approximate surface area is 139 Å². The number of amides is 2. The summed E-state index contributed by atoms with van der Waals surface area (Å²) in [5, 5.41) is 7.16. The minimum Gasteiger partial charge on any atom is -0.319 e. The van der Waals surface area contributed by atoms with Crippen molar-refractivity contribution in [3.8, 4) is 0 Å². The minimum absolute atomic E-state index is 0.105. The smallest absolute Gasteiger partial charge is 0.276 e.